The highest BCUT2D eigenvalue weighted by Crippen LogP contribution is 2.41. The maximum Gasteiger partial charge on any atom is 0.469 e. The number of alkyl halides is 3. The zero-order chi connectivity index (χ0) is 28.0. The van der Waals surface area contributed by atoms with E-state index >= 15 is 0 Å². The SMILES string of the molecule is C[C@](N)(COP(=O)(O)O)c1nnc(-c2ccc(OCCCCCCc3ccccc3F)c(C(F)(F)F)c2)s1. The Morgan fingerprint density at radius 2 is 1.76 bits per heavy atom. The van der Waals surface area contributed by atoms with Crippen LogP contribution in [-0.4, -0.2) is 33.2 Å². The molecule has 0 saturated carbocycles. The van der Waals surface area contributed by atoms with Crippen molar-refractivity contribution in [3.8, 4) is 16.3 Å². The van der Waals surface area contributed by atoms with Gasteiger partial charge in [0, 0.05) is 5.56 Å². The zero-order valence-electron chi connectivity index (χ0n) is 20.4. The van der Waals surface area contributed by atoms with Crippen LogP contribution in [0.25, 0.3) is 10.6 Å². The van der Waals surface area contributed by atoms with Gasteiger partial charge in [-0.05, 0) is 56.0 Å². The molecule has 0 bridgehead atoms. The van der Waals surface area contributed by atoms with Crippen molar-refractivity contribution in [2.24, 2.45) is 5.73 Å². The number of unbranched alkanes of at least 4 members (excludes halogenated alkanes) is 3. The first-order chi connectivity index (χ1) is 17.8. The van der Waals surface area contributed by atoms with Crippen LogP contribution in [0.5, 0.6) is 5.75 Å². The second-order valence-corrected chi connectivity index (χ2v) is 11.1. The Balaban J connectivity index is 1.59. The number of benzene rings is 2. The average Bonchev–Trinajstić information content (AvgIpc) is 3.34. The van der Waals surface area contributed by atoms with Crippen molar-refractivity contribution >= 4 is 19.2 Å². The summed E-state index contributed by atoms with van der Waals surface area (Å²) in [6.45, 7) is 0.927. The summed E-state index contributed by atoms with van der Waals surface area (Å²) in [6.07, 6.45) is -1.26. The standard InChI is InChI=1S/C24H28F4N3O5PS/c1-23(29,15-36-37(32,33)34)22-31-30-21(38-22)17-11-12-20(18(14-17)24(26,27)28)35-13-7-3-2-4-8-16-9-5-6-10-19(16)25/h5-6,9-12,14H,2-4,7-8,13,15,29H2,1H3,(H2,32,33,34)/t23-/m0/s1. The molecular formula is C24H28F4N3O5PS. The average molecular weight is 578 g/mol. The predicted molar refractivity (Wildman–Crippen MR) is 134 cm³/mol. The number of hydrogen-bond acceptors (Lipinski definition) is 7. The van der Waals surface area contributed by atoms with Crippen LogP contribution in [-0.2, 0) is 27.2 Å². The number of aryl methyl sites for hydroxylation is 1. The summed E-state index contributed by atoms with van der Waals surface area (Å²) in [5.74, 6) is -0.550. The van der Waals surface area contributed by atoms with Crippen molar-refractivity contribution in [3.05, 3.63) is 64.4 Å². The van der Waals surface area contributed by atoms with Crippen molar-refractivity contribution in [1.29, 1.82) is 0 Å². The molecule has 2 aromatic carbocycles. The van der Waals surface area contributed by atoms with Crippen LogP contribution >= 0.6 is 19.2 Å². The van der Waals surface area contributed by atoms with E-state index in [1.807, 2.05) is 0 Å². The molecule has 3 rings (SSSR count). The molecule has 0 amide bonds. The number of rotatable bonds is 13. The second-order valence-electron chi connectivity index (χ2n) is 8.91. The summed E-state index contributed by atoms with van der Waals surface area (Å²) >= 11 is 0.885. The molecule has 0 saturated heterocycles. The minimum atomic E-state index is -4.77. The Labute approximate surface area is 221 Å². The van der Waals surface area contributed by atoms with Crippen LogP contribution in [0.2, 0.25) is 0 Å². The minimum Gasteiger partial charge on any atom is -0.493 e. The van der Waals surface area contributed by atoms with Gasteiger partial charge in [-0.15, -0.1) is 10.2 Å². The molecule has 3 aromatic rings. The maximum absolute atomic E-state index is 13.8. The third kappa shape index (κ3) is 8.82. The number of hydrogen-bond donors (Lipinski definition) is 3. The highest BCUT2D eigenvalue weighted by atomic mass is 32.1. The monoisotopic (exact) mass is 577 g/mol. The molecule has 1 aromatic heterocycles. The molecule has 0 aliphatic carbocycles. The molecular weight excluding hydrogens is 549 g/mol. The van der Waals surface area contributed by atoms with Crippen molar-refractivity contribution in [3.63, 3.8) is 0 Å². The zero-order valence-corrected chi connectivity index (χ0v) is 22.2. The summed E-state index contributed by atoms with van der Waals surface area (Å²) in [7, 11) is -4.77. The number of aromatic nitrogens is 2. The van der Waals surface area contributed by atoms with Crippen LogP contribution in [0.15, 0.2) is 42.5 Å². The second kappa shape index (κ2) is 12.6. The van der Waals surface area contributed by atoms with Crippen LogP contribution in [0, 0.1) is 5.82 Å². The highest BCUT2D eigenvalue weighted by molar-refractivity contribution is 7.46. The smallest absolute Gasteiger partial charge is 0.469 e. The largest absolute Gasteiger partial charge is 0.493 e. The molecule has 8 nitrogen and oxygen atoms in total. The first kappa shape index (κ1) is 30.1. The van der Waals surface area contributed by atoms with Gasteiger partial charge in [0.25, 0.3) is 0 Å². The summed E-state index contributed by atoms with van der Waals surface area (Å²) in [6, 6.07) is 10.1. The fraction of sp³-hybridized carbons (Fsp3) is 0.417. The Hall–Kier alpha value is -2.41. The van der Waals surface area contributed by atoms with Gasteiger partial charge in [-0.25, -0.2) is 8.96 Å². The van der Waals surface area contributed by atoms with Crippen LogP contribution < -0.4 is 10.5 Å². The van der Waals surface area contributed by atoms with E-state index in [1.165, 1.54) is 25.1 Å². The van der Waals surface area contributed by atoms with E-state index in [2.05, 4.69) is 14.7 Å². The normalized spacial score (nSPS) is 13.9. The molecule has 0 spiro atoms. The summed E-state index contributed by atoms with van der Waals surface area (Å²) in [4.78, 5) is 17.8. The van der Waals surface area contributed by atoms with Crippen LogP contribution in [0.4, 0.5) is 17.6 Å². The predicted octanol–water partition coefficient (Wildman–Crippen LogP) is 5.83. The lowest BCUT2D eigenvalue weighted by Crippen LogP contribution is -2.37. The lowest BCUT2D eigenvalue weighted by molar-refractivity contribution is -0.138. The first-order valence-electron chi connectivity index (χ1n) is 11.7. The van der Waals surface area contributed by atoms with E-state index in [9.17, 15) is 22.1 Å². The van der Waals surface area contributed by atoms with Gasteiger partial charge in [-0.2, -0.15) is 13.2 Å². The summed E-state index contributed by atoms with van der Waals surface area (Å²) < 4.78 is 75.8. The molecule has 0 aliphatic heterocycles. The lowest BCUT2D eigenvalue weighted by atomic mass is 10.1. The van der Waals surface area contributed by atoms with Gasteiger partial charge in [0.2, 0.25) is 0 Å². The first-order valence-corrected chi connectivity index (χ1v) is 14.0. The van der Waals surface area contributed by atoms with Gasteiger partial charge in [0.1, 0.15) is 21.6 Å². The van der Waals surface area contributed by atoms with E-state index in [-0.39, 0.29) is 33.8 Å². The van der Waals surface area contributed by atoms with Crippen molar-refractivity contribution in [2.75, 3.05) is 13.2 Å². The van der Waals surface area contributed by atoms with Gasteiger partial charge in [-0.1, -0.05) is 42.4 Å². The van der Waals surface area contributed by atoms with E-state index in [4.69, 9.17) is 20.3 Å². The topological polar surface area (TPSA) is 128 Å². The Bertz CT molecular complexity index is 1270. The molecule has 4 N–H and O–H groups in total. The molecule has 1 atom stereocenters. The fourth-order valence-electron chi connectivity index (χ4n) is 3.52. The third-order valence-electron chi connectivity index (χ3n) is 5.53. The fourth-order valence-corrected chi connectivity index (χ4v) is 4.84. The molecule has 208 valence electrons. The van der Waals surface area contributed by atoms with Gasteiger partial charge in [0.15, 0.2) is 0 Å². The number of nitrogens with zero attached hydrogens (tertiary/aromatic N) is 2. The lowest BCUT2D eigenvalue weighted by Gasteiger charge is -2.21. The maximum atomic E-state index is 13.8. The van der Waals surface area contributed by atoms with Crippen molar-refractivity contribution < 1.29 is 41.2 Å². The molecule has 0 radical (unpaired) electrons. The van der Waals surface area contributed by atoms with E-state index in [0.717, 1.165) is 36.7 Å². The van der Waals surface area contributed by atoms with Crippen LogP contribution in [0.3, 0.4) is 0 Å². The number of nitrogens with two attached hydrogens (primary N) is 1. The molecule has 0 fully saturated rings. The number of ether oxygens (including phenoxy) is 1. The van der Waals surface area contributed by atoms with E-state index < -0.39 is 31.7 Å². The quantitative estimate of drug-likeness (QED) is 0.132. The van der Waals surface area contributed by atoms with Gasteiger partial charge < -0.3 is 20.3 Å². The van der Waals surface area contributed by atoms with Crippen molar-refractivity contribution in [2.45, 2.75) is 50.7 Å². The summed E-state index contributed by atoms with van der Waals surface area (Å²) in [5, 5.41) is 8.02. The van der Waals surface area contributed by atoms with Crippen molar-refractivity contribution in [1.82, 2.24) is 10.2 Å². The molecule has 0 unspecified atom stereocenters. The molecule has 1 heterocycles. The Kier molecular flexibility index (Phi) is 10.0. The van der Waals surface area contributed by atoms with Gasteiger partial charge in [-0.3, -0.25) is 4.52 Å². The number of phosphoric ester groups is 1. The molecule has 0 aliphatic rings. The summed E-state index contributed by atoms with van der Waals surface area (Å²) in [5.41, 5.74) is 4.40. The molecule has 38 heavy (non-hydrogen) atoms. The number of phosphoric acid groups is 1. The Morgan fingerprint density at radius 3 is 2.45 bits per heavy atom. The van der Waals surface area contributed by atoms with Crippen LogP contribution in [0.1, 0.15) is 48.7 Å². The highest BCUT2D eigenvalue weighted by Gasteiger charge is 2.35. The number of halogens is 4. The Morgan fingerprint density at radius 1 is 1.05 bits per heavy atom. The van der Waals surface area contributed by atoms with Gasteiger partial charge in [0.05, 0.1) is 24.3 Å². The third-order valence-corrected chi connectivity index (χ3v) is 7.25. The van der Waals surface area contributed by atoms with E-state index in [1.54, 1.807) is 18.2 Å². The minimum absolute atomic E-state index is 0.0934. The van der Waals surface area contributed by atoms with Gasteiger partial charge >= 0.3 is 14.0 Å². The van der Waals surface area contributed by atoms with E-state index in [0.29, 0.717) is 18.4 Å². The molecule has 14 heteroatoms.